The number of hydrogen-bond donors (Lipinski definition) is 1. The zero-order chi connectivity index (χ0) is 17.4. The van der Waals surface area contributed by atoms with Crippen LogP contribution in [0, 0.1) is 19.7 Å². The van der Waals surface area contributed by atoms with Gasteiger partial charge in [-0.15, -0.1) is 11.3 Å². The third kappa shape index (κ3) is 2.85. The van der Waals surface area contributed by atoms with Crippen LogP contribution in [0.5, 0.6) is 5.75 Å². The van der Waals surface area contributed by atoms with Crippen LogP contribution >= 0.6 is 11.3 Å². The first-order chi connectivity index (χ1) is 11.4. The number of carbonyl (C=O) groups is 1. The molecular weight excluding hydrogens is 329 g/mol. The Morgan fingerprint density at radius 1 is 1.29 bits per heavy atom. The summed E-state index contributed by atoms with van der Waals surface area (Å²) in [6, 6.07) is 6.10. The zero-order valence-corrected chi connectivity index (χ0v) is 14.3. The normalized spacial score (nSPS) is 11.0. The molecule has 0 saturated heterocycles. The molecule has 0 atom stereocenters. The van der Waals surface area contributed by atoms with Crippen LogP contribution in [0.15, 0.2) is 24.3 Å². The number of hydrogen-bond acceptors (Lipinski definition) is 5. The number of ether oxygens (including phenoxy) is 1. The van der Waals surface area contributed by atoms with Gasteiger partial charge < -0.3 is 9.84 Å². The highest BCUT2D eigenvalue weighted by atomic mass is 32.1. The Hall–Kier alpha value is -2.47. The van der Waals surface area contributed by atoms with Crippen LogP contribution in [-0.4, -0.2) is 22.7 Å². The maximum absolute atomic E-state index is 13.7. The molecule has 1 aromatic heterocycles. The van der Waals surface area contributed by atoms with Gasteiger partial charge >= 0.3 is 5.97 Å². The number of phenolic OH excluding ortho intramolecular Hbond substituents is 1. The minimum absolute atomic E-state index is 0.0607. The van der Waals surface area contributed by atoms with Gasteiger partial charge in [0.1, 0.15) is 21.5 Å². The molecule has 6 heteroatoms. The maximum atomic E-state index is 13.7. The molecular formula is C18H16FNO3S. The van der Waals surface area contributed by atoms with E-state index in [2.05, 4.69) is 4.98 Å². The Balaban J connectivity index is 2.14. The molecule has 124 valence electrons. The molecule has 0 aliphatic carbocycles. The molecule has 1 heterocycles. The van der Waals surface area contributed by atoms with Crippen molar-refractivity contribution in [2.24, 2.45) is 0 Å². The number of fused-ring (bicyclic) bond motifs is 1. The van der Waals surface area contributed by atoms with Crippen LogP contribution in [0.25, 0.3) is 21.3 Å². The Morgan fingerprint density at radius 2 is 2.04 bits per heavy atom. The highest BCUT2D eigenvalue weighted by molar-refractivity contribution is 7.17. The number of carbonyl (C=O) groups excluding carboxylic acids is 1. The molecule has 0 spiro atoms. The standard InChI is InChI=1S/C18H16FNO3S/c1-4-23-18(22)16-10(3)20-17(24-16)12-6-11-7-13(19)5-9(2)15(11)14(21)8-12/h5-8,21H,4H2,1-3H3. The predicted octanol–water partition coefficient (Wildman–Crippen LogP) is 4.60. The van der Waals surface area contributed by atoms with Crippen LogP contribution in [-0.2, 0) is 4.74 Å². The summed E-state index contributed by atoms with van der Waals surface area (Å²) in [5.74, 6) is -0.713. The van der Waals surface area contributed by atoms with Gasteiger partial charge in [-0.2, -0.15) is 0 Å². The molecule has 0 aliphatic rings. The minimum Gasteiger partial charge on any atom is -0.507 e. The second-order valence-electron chi connectivity index (χ2n) is 5.47. The van der Waals surface area contributed by atoms with Crippen LogP contribution in [0.2, 0.25) is 0 Å². The van der Waals surface area contributed by atoms with E-state index in [1.807, 2.05) is 0 Å². The van der Waals surface area contributed by atoms with E-state index in [4.69, 9.17) is 4.74 Å². The topological polar surface area (TPSA) is 59.4 Å². The maximum Gasteiger partial charge on any atom is 0.350 e. The zero-order valence-electron chi connectivity index (χ0n) is 13.5. The lowest BCUT2D eigenvalue weighted by Gasteiger charge is -2.07. The third-order valence-electron chi connectivity index (χ3n) is 3.69. The molecule has 3 rings (SSSR count). The predicted molar refractivity (Wildman–Crippen MR) is 92.1 cm³/mol. The Bertz CT molecular complexity index is 949. The molecule has 0 fully saturated rings. The van der Waals surface area contributed by atoms with Gasteiger partial charge in [0.2, 0.25) is 0 Å². The molecule has 0 bridgehead atoms. The van der Waals surface area contributed by atoms with E-state index >= 15 is 0 Å². The Kier molecular flexibility index (Phi) is 4.24. The quantitative estimate of drug-likeness (QED) is 0.705. The average molecular weight is 345 g/mol. The minimum atomic E-state index is -0.411. The molecule has 0 aliphatic heterocycles. The largest absolute Gasteiger partial charge is 0.507 e. The Morgan fingerprint density at radius 3 is 2.75 bits per heavy atom. The highest BCUT2D eigenvalue weighted by Crippen LogP contribution is 2.36. The Labute approximate surface area is 142 Å². The van der Waals surface area contributed by atoms with Gasteiger partial charge in [-0.3, -0.25) is 0 Å². The fourth-order valence-electron chi connectivity index (χ4n) is 2.69. The lowest BCUT2D eigenvalue weighted by molar-refractivity contribution is 0.0531. The van der Waals surface area contributed by atoms with Crippen molar-refractivity contribution >= 4 is 28.1 Å². The number of halogens is 1. The van der Waals surface area contributed by atoms with E-state index in [-0.39, 0.29) is 11.6 Å². The van der Waals surface area contributed by atoms with Gasteiger partial charge in [0.05, 0.1) is 12.3 Å². The number of benzene rings is 2. The first-order valence-electron chi connectivity index (χ1n) is 7.48. The first kappa shape index (κ1) is 16.4. The van der Waals surface area contributed by atoms with Crippen molar-refractivity contribution in [1.29, 1.82) is 0 Å². The molecule has 0 amide bonds. The summed E-state index contributed by atoms with van der Waals surface area (Å²) in [7, 11) is 0. The van der Waals surface area contributed by atoms with Crippen molar-refractivity contribution in [1.82, 2.24) is 4.98 Å². The second-order valence-corrected chi connectivity index (χ2v) is 6.47. The molecule has 24 heavy (non-hydrogen) atoms. The van der Waals surface area contributed by atoms with Gasteiger partial charge in [-0.1, -0.05) is 0 Å². The SMILES string of the molecule is CCOC(=O)c1sc(-c2cc(O)c3c(C)cc(F)cc3c2)nc1C. The summed E-state index contributed by atoms with van der Waals surface area (Å²) in [5.41, 5.74) is 1.87. The fourth-order valence-corrected chi connectivity index (χ4v) is 3.64. The molecule has 0 radical (unpaired) electrons. The molecule has 1 N–H and O–H groups in total. The number of aryl methyl sites for hydroxylation is 2. The van der Waals surface area contributed by atoms with E-state index in [9.17, 15) is 14.3 Å². The lowest BCUT2D eigenvalue weighted by atomic mass is 10.0. The van der Waals surface area contributed by atoms with E-state index < -0.39 is 5.97 Å². The highest BCUT2D eigenvalue weighted by Gasteiger charge is 2.18. The molecule has 0 unspecified atom stereocenters. The number of esters is 1. The summed E-state index contributed by atoms with van der Waals surface area (Å²) in [6.07, 6.45) is 0. The van der Waals surface area contributed by atoms with Crippen molar-refractivity contribution in [2.75, 3.05) is 6.61 Å². The van der Waals surface area contributed by atoms with Gasteiger partial charge in [-0.25, -0.2) is 14.2 Å². The summed E-state index contributed by atoms with van der Waals surface area (Å²) in [6.45, 7) is 5.52. The summed E-state index contributed by atoms with van der Waals surface area (Å²) >= 11 is 1.20. The van der Waals surface area contributed by atoms with Crippen LogP contribution in [0.3, 0.4) is 0 Å². The lowest BCUT2D eigenvalue weighted by Crippen LogP contribution is -2.03. The van der Waals surface area contributed by atoms with Crippen LogP contribution < -0.4 is 0 Å². The first-order valence-corrected chi connectivity index (χ1v) is 8.30. The van der Waals surface area contributed by atoms with E-state index in [1.165, 1.54) is 23.5 Å². The molecule has 3 aromatic rings. The number of aromatic nitrogens is 1. The summed E-state index contributed by atoms with van der Waals surface area (Å²) < 4.78 is 18.7. The van der Waals surface area contributed by atoms with Crippen LogP contribution in [0.4, 0.5) is 4.39 Å². The fraction of sp³-hybridized carbons (Fsp3) is 0.222. The van der Waals surface area contributed by atoms with Gasteiger partial charge in [0, 0.05) is 10.9 Å². The molecule has 4 nitrogen and oxygen atoms in total. The summed E-state index contributed by atoms with van der Waals surface area (Å²) in [4.78, 5) is 16.8. The van der Waals surface area contributed by atoms with E-state index in [0.29, 0.717) is 44.1 Å². The number of thiazole rings is 1. The van der Waals surface area contributed by atoms with Gasteiger partial charge in [-0.05, 0) is 56.0 Å². The molecule has 2 aromatic carbocycles. The van der Waals surface area contributed by atoms with Crippen molar-refractivity contribution < 1.29 is 19.0 Å². The number of aromatic hydroxyl groups is 1. The number of rotatable bonds is 3. The molecule has 0 saturated carbocycles. The average Bonchev–Trinajstić information content (AvgIpc) is 2.88. The van der Waals surface area contributed by atoms with Crippen LogP contribution in [0.1, 0.15) is 27.9 Å². The van der Waals surface area contributed by atoms with Crippen molar-refractivity contribution in [2.45, 2.75) is 20.8 Å². The van der Waals surface area contributed by atoms with Gasteiger partial charge in [0.15, 0.2) is 0 Å². The van der Waals surface area contributed by atoms with Crippen molar-refractivity contribution in [3.8, 4) is 16.3 Å². The second kappa shape index (κ2) is 6.20. The van der Waals surface area contributed by atoms with Crippen molar-refractivity contribution in [3.63, 3.8) is 0 Å². The van der Waals surface area contributed by atoms with E-state index in [1.54, 1.807) is 32.9 Å². The number of phenols is 1. The monoisotopic (exact) mass is 345 g/mol. The van der Waals surface area contributed by atoms with E-state index in [0.717, 1.165) is 0 Å². The summed E-state index contributed by atoms with van der Waals surface area (Å²) in [5, 5.41) is 12.1. The van der Waals surface area contributed by atoms with Crippen molar-refractivity contribution in [3.05, 3.63) is 46.2 Å². The van der Waals surface area contributed by atoms with Gasteiger partial charge in [0.25, 0.3) is 0 Å². The smallest absolute Gasteiger partial charge is 0.350 e. The number of nitrogens with zero attached hydrogens (tertiary/aromatic N) is 1. The third-order valence-corrected chi connectivity index (χ3v) is 4.88.